The second-order valence-electron chi connectivity index (χ2n) is 33.0. The number of aromatic nitrogens is 15. The van der Waals surface area contributed by atoms with E-state index in [1.807, 2.05) is 67.0 Å². The van der Waals surface area contributed by atoms with Gasteiger partial charge in [0.25, 0.3) is 17.8 Å². The average Bonchev–Trinajstić information content (AvgIpc) is 1.52. The normalized spacial score (nSPS) is 17.1. The van der Waals surface area contributed by atoms with Gasteiger partial charge in [-0.15, -0.1) is 15.3 Å². The van der Waals surface area contributed by atoms with E-state index in [0.717, 1.165) is 60.0 Å². The average molecular weight is 1740 g/mol. The Morgan fingerprint density at radius 3 is 1.12 bits per heavy atom. The molecule has 0 aliphatic heterocycles. The van der Waals surface area contributed by atoms with Crippen LogP contribution >= 0.6 is 0 Å². The van der Waals surface area contributed by atoms with Gasteiger partial charge < -0.3 is 29.4 Å². The lowest BCUT2D eigenvalue weighted by Gasteiger charge is -2.39. The van der Waals surface area contributed by atoms with Crippen molar-refractivity contribution in [3.63, 3.8) is 0 Å². The zero-order valence-electron chi connectivity index (χ0n) is 67.3. The molecule has 0 spiro atoms. The van der Waals surface area contributed by atoms with Gasteiger partial charge in [0.15, 0.2) is 0 Å². The zero-order valence-corrected chi connectivity index (χ0v) is 67.3. The Hall–Kier alpha value is -11.7. The van der Waals surface area contributed by atoms with Gasteiger partial charge in [-0.3, -0.25) is 0 Å². The predicted molar refractivity (Wildman–Crippen MR) is 425 cm³/mol. The van der Waals surface area contributed by atoms with E-state index in [1.54, 1.807) is 48.5 Å². The molecule has 2 atom stereocenters. The van der Waals surface area contributed by atoms with Gasteiger partial charge in [0, 0.05) is 111 Å². The molecule has 124 heavy (non-hydrogen) atoms. The van der Waals surface area contributed by atoms with E-state index < -0.39 is 90.1 Å². The number of fused-ring (bicyclic) bond motifs is 3. The van der Waals surface area contributed by atoms with Crippen LogP contribution < -0.4 is 29.4 Å². The lowest BCUT2D eigenvalue weighted by atomic mass is 9.74. The van der Waals surface area contributed by atoms with E-state index in [2.05, 4.69) is 40.9 Å². The lowest BCUT2D eigenvalue weighted by molar-refractivity contribution is -0.144. The first-order chi connectivity index (χ1) is 58.8. The summed E-state index contributed by atoms with van der Waals surface area (Å²) in [6.45, 7) is 6.88. The smallest absolute Gasteiger partial charge is 0.356 e. The molecule has 0 bridgehead atoms. The number of nitrogens with zero attached hydrogens (tertiary/aromatic N) is 21. The van der Waals surface area contributed by atoms with Gasteiger partial charge in [0.2, 0.25) is 0 Å². The number of anilines is 6. The van der Waals surface area contributed by atoms with Crippen molar-refractivity contribution in [2.24, 2.45) is 42.6 Å². The van der Waals surface area contributed by atoms with E-state index in [4.69, 9.17) is 25.1 Å². The molecule has 4 aliphatic carbocycles. The third-order valence-corrected chi connectivity index (χ3v) is 23.2. The molecule has 6 aromatic heterocycles. The minimum Gasteiger partial charge on any atom is -0.356 e. The molecule has 0 N–H and O–H groups in total. The van der Waals surface area contributed by atoms with E-state index in [1.165, 1.54) is 31.3 Å². The predicted octanol–water partition coefficient (Wildman–Crippen LogP) is 19.2. The Bertz CT molecular complexity index is 5730. The number of para-hydroxylation sites is 3. The second kappa shape index (κ2) is 33.8. The topological polar surface area (TPSA) is 189 Å². The molecule has 4 saturated carbocycles. The monoisotopic (exact) mass is 1740 g/mol. The van der Waals surface area contributed by atoms with Crippen molar-refractivity contribution in [2.45, 2.75) is 155 Å². The van der Waals surface area contributed by atoms with Crippen LogP contribution in [0.4, 0.5) is 114 Å². The molecule has 6 aromatic carbocycles. The molecule has 12 aromatic rings. The molecule has 0 radical (unpaired) electrons. The summed E-state index contributed by atoms with van der Waals surface area (Å²) in [5.41, 5.74) is -5.61. The number of pyridine rings is 3. The first kappa shape index (κ1) is 85.8. The van der Waals surface area contributed by atoms with Gasteiger partial charge in [-0.1, -0.05) is 69.9 Å². The van der Waals surface area contributed by atoms with Crippen molar-refractivity contribution in [3.05, 3.63) is 212 Å². The van der Waals surface area contributed by atoms with Crippen LogP contribution in [0.2, 0.25) is 0 Å². The number of hydrogen-bond donors (Lipinski definition) is 0. The summed E-state index contributed by atoms with van der Waals surface area (Å²) in [6, 6.07) is 29.7. The maximum atomic E-state index is 14.7. The standard InChI is InChI=1S/C85H83F18N21/c1-5-117(39-52-22-53(23-52)43-123-111-78(108-114-123)122(42-56-28-69(84(98,99)100)36-70(29-56)85(101,102)103)47-64-32-59-15-11-12-49(3)73(59)106-76(64)119(37-50-18-19-50)38-51-20-21-51)74-62(30-57-13-7-9-16-71(57)104-74)46-121(41-55-26-67(82(92,93)94)35-68(27-55)83(95,96)97)79-109-115-124(112-79)48-61-33-60(61)44-118(6-2)75-63(31-58-14-8-10-17-72(58)105-75)45-120(77-107-113-116(4)110-77)40-54-24-65(80(86,87)88)34-66(25-54)81(89,90)91/h7-17,24-32,34-36,50-53,60-61H,5-6,18-23,33,37-48H2,1-4H3. The van der Waals surface area contributed by atoms with E-state index in [-0.39, 0.29) is 109 Å². The summed E-state index contributed by atoms with van der Waals surface area (Å²) in [4.78, 5) is 29.9. The molecule has 16 rings (SSSR count). The van der Waals surface area contributed by atoms with E-state index in [9.17, 15) is 79.0 Å². The van der Waals surface area contributed by atoms with Crippen molar-refractivity contribution < 1.29 is 79.0 Å². The minimum absolute atomic E-state index is 0.0125. The van der Waals surface area contributed by atoms with Crippen molar-refractivity contribution in [3.8, 4) is 0 Å². The van der Waals surface area contributed by atoms with Crippen LogP contribution in [-0.2, 0) is 96.5 Å². The van der Waals surface area contributed by atoms with Crippen molar-refractivity contribution >= 4 is 68.0 Å². The molecule has 4 fully saturated rings. The number of halogens is 18. The Morgan fingerprint density at radius 1 is 0.347 bits per heavy atom. The number of tetrazole rings is 3. The van der Waals surface area contributed by atoms with Crippen LogP contribution in [0.25, 0.3) is 32.7 Å². The summed E-state index contributed by atoms with van der Waals surface area (Å²) >= 11 is 0. The van der Waals surface area contributed by atoms with Crippen LogP contribution in [-0.4, -0.2) is 115 Å². The first-order valence-corrected chi connectivity index (χ1v) is 40.6. The van der Waals surface area contributed by atoms with Crippen LogP contribution in [0.15, 0.2) is 140 Å². The van der Waals surface area contributed by atoms with Gasteiger partial charge in [-0.2, -0.15) is 93.4 Å². The highest BCUT2D eigenvalue weighted by Crippen LogP contribution is 2.46. The van der Waals surface area contributed by atoms with Crippen LogP contribution in [0.5, 0.6) is 0 Å². The highest BCUT2D eigenvalue weighted by Gasteiger charge is 2.44. The number of hydrogen-bond acceptors (Lipinski definition) is 18. The number of benzene rings is 6. The third-order valence-electron chi connectivity index (χ3n) is 23.2. The molecule has 0 amide bonds. The number of rotatable bonds is 32. The summed E-state index contributed by atoms with van der Waals surface area (Å²) in [7, 11) is 1.44. The quantitative estimate of drug-likeness (QED) is 0.0362. The Morgan fingerprint density at radius 2 is 0.718 bits per heavy atom. The molecule has 2 unspecified atom stereocenters. The van der Waals surface area contributed by atoms with Crippen molar-refractivity contribution in [1.82, 2.24) is 75.6 Å². The molecule has 4 aliphatic rings. The molecule has 6 heterocycles. The fourth-order valence-electron chi connectivity index (χ4n) is 16.5. The van der Waals surface area contributed by atoms with Gasteiger partial charge in [0.05, 0.1) is 70.1 Å². The molecular formula is C85H83F18N21. The largest absolute Gasteiger partial charge is 0.416 e. The minimum atomic E-state index is -5.20. The van der Waals surface area contributed by atoms with Crippen LogP contribution in [0.1, 0.15) is 131 Å². The number of alkyl halides is 18. The van der Waals surface area contributed by atoms with Gasteiger partial charge in [0.1, 0.15) is 17.5 Å². The molecule has 21 nitrogen and oxygen atoms in total. The first-order valence-electron chi connectivity index (χ1n) is 40.6. The molecule has 0 saturated heterocycles. The van der Waals surface area contributed by atoms with Crippen LogP contribution in [0.3, 0.4) is 0 Å². The fraction of sp³-hybridized carbons (Fsp3) is 0.435. The fourth-order valence-corrected chi connectivity index (χ4v) is 16.5. The van der Waals surface area contributed by atoms with Crippen molar-refractivity contribution in [2.75, 3.05) is 68.7 Å². The Kier molecular flexibility index (Phi) is 23.4. The molecule has 39 heteroatoms. The zero-order chi connectivity index (χ0) is 87.7. The van der Waals surface area contributed by atoms with Gasteiger partial charge in [-0.05, 0) is 224 Å². The SMILES string of the molecule is CCN(CC1CC(Cn2nnc(N(Cc3cc(C(F)(F)F)cc(C(F)(F)F)c3)Cc3cc4cccc(C)c4nc3N(CC3CC3)CC3CC3)n2)C1)c1nc2ccccc2cc1CN(Cc1cc(C(F)(F)F)cc(C(F)(F)F)c1)c1nnn(CC2CC2CN(CC)c2nc3ccccc3cc2CN(Cc2cc(C(F)(F)F)cc(C(F)(F)F)c2)c2nnn(C)n2)n1. The Balaban J connectivity index is 0.652. The van der Waals surface area contributed by atoms with E-state index >= 15 is 0 Å². The van der Waals surface area contributed by atoms with E-state index in [0.29, 0.717) is 150 Å². The third kappa shape index (κ3) is 20.2. The highest BCUT2D eigenvalue weighted by atomic mass is 19.4. The maximum Gasteiger partial charge on any atom is 0.416 e. The van der Waals surface area contributed by atoms with Crippen molar-refractivity contribution in [1.29, 1.82) is 0 Å². The number of aryl methyl sites for hydroxylation is 2. The van der Waals surface area contributed by atoms with Gasteiger partial charge in [-0.25, -0.2) is 15.0 Å². The summed E-state index contributed by atoms with van der Waals surface area (Å²) < 4.78 is 260. The summed E-state index contributed by atoms with van der Waals surface area (Å²) in [6.07, 6.45) is -25.0. The molecular weight excluding hydrogens is 1660 g/mol. The maximum absolute atomic E-state index is 14.7. The van der Waals surface area contributed by atoms with Crippen LogP contribution in [0, 0.1) is 42.4 Å². The molecule has 654 valence electrons. The lowest BCUT2D eigenvalue weighted by Crippen LogP contribution is -2.39. The second-order valence-corrected chi connectivity index (χ2v) is 33.0. The van der Waals surface area contributed by atoms with Gasteiger partial charge >= 0.3 is 37.1 Å². The summed E-state index contributed by atoms with van der Waals surface area (Å²) in [5, 5.41) is 41.5. The highest BCUT2D eigenvalue weighted by molar-refractivity contribution is 5.86. The summed E-state index contributed by atoms with van der Waals surface area (Å²) in [5.74, 6) is 1.76. The Labute approximate surface area is 698 Å².